The van der Waals surface area contributed by atoms with Gasteiger partial charge in [0.2, 0.25) is 5.78 Å². The van der Waals surface area contributed by atoms with Gasteiger partial charge in [0.05, 0.1) is 17.2 Å². The molecule has 0 amide bonds. The topological polar surface area (TPSA) is 69.4 Å². The summed E-state index contributed by atoms with van der Waals surface area (Å²) < 4.78 is 17.6. The third-order valence-corrected chi connectivity index (χ3v) is 2.67. The number of carbonyl (C=O) groups excluding carboxylic acids is 2. The van der Waals surface area contributed by atoms with Crippen molar-refractivity contribution in [1.82, 2.24) is 0 Å². The summed E-state index contributed by atoms with van der Waals surface area (Å²) in [4.78, 5) is 23.2. The molecular formula is C11H8Cl2FNO3. The number of methoxy groups -OCH3 is 1. The van der Waals surface area contributed by atoms with Crippen molar-refractivity contribution in [1.29, 1.82) is 0 Å². The monoisotopic (exact) mass is 291 g/mol. The summed E-state index contributed by atoms with van der Waals surface area (Å²) in [5.74, 6) is -2.61. The highest BCUT2D eigenvalue weighted by Crippen LogP contribution is 2.26. The van der Waals surface area contributed by atoms with Crippen LogP contribution in [0.25, 0.3) is 0 Å². The lowest BCUT2D eigenvalue weighted by atomic mass is 10.0. The highest BCUT2D eigenvalue weighted by Gasteiger charge is 2.23. The van der Waals surface area contributed by atoms with Crippen LogP contribution in [-0.4, -0.2) is 18.9 Å². The van der Waals surface area contributed by atoms with Gasteiger partial charge in [-0.15, -0.1) is 0 Å². The fraction of sp³-hybridized carbons (Fsp3) is 0.0909. The van der Waals surface area contributed by atoms with E-state index in [9.17, 15) is 14.0 Å². The van der Waals surface area contributed by atoms with E-state index in [2.05, 4.69) is 4.74 Å². The minimum atomic E-state index is -0.936. The van der Waals surface area contributed by atoms with Crippen LogP contribution in [-0.2, 0) is 9.53 Å². The van der Waals surface area contributed by atoms with Crippen LogP contribution in [0.3, 0.4) is 0 Å². The number of esters is 1. The van der Waals surface area contributed by atoms with E-state index in [0.717, 1.165) is 25.4 Å². The summed E-state index contributed by atoms with van der Waals surface area (Å²) in [6.07, 6.45) is 0.775. The maximum absolute atomic E-state index is 13.3. The molecule has 0 aliphatic carbocycles. The van der Waals surface area contributed by atoms with Crippen molar-refractivity contribution < 1.29 is 18.7 Å². The summed E-state index contributed by atoms with van der Waals surface area (Å²) in [7, 11) is 1.09. The lowest BCUT2D eigenvalue weighted by Crippen LogP contribution is -2.17. The van der Waals surface area contributed by atoms with Crippen molar-refractivity contribution in [3.63, 3.8) is 0 Å². The Kier molecular flexibility index (Phi) is 4.69. The van der Waals surface area contributed by atoms with E-state index in [4.69, 9.17) is 28.9 Å². The first-order valence-electron chi connectivity index (χ1n) is 4.61. The average Bonchev–Trinajstić information content (AvgIpc) is 2.34. The van der Waals surface area contributed by atoms with Gasteiger partial charge in [-0.3, -0.25) is 4.79 Å². The van der Waals surface area contributed by atoms with Crippen LogP contribution < -0.4 is 5.73 Å². The van der Waals surface area contributed by atoms with Crippen molar-refractivity contribution >= 4 is 35.0 Å². The third-order valence-electron chi connectivity index (χ3n) is 2.07. The molecule has 18 heavy (non-hydrogen) atoms. The number of rotatable bonds is 3. The van der Waals surface area contributed by atoms with Crippen molar-refractivity contribution in [3.05, 3.63) is 45.3 Å². The molecular weight excluding hydrogens is 284 g/mol. The van der Waals surface area contributed by atoms with Crippen molar-refractivity contribution in [2.45, 2.75) is 0 Å². The molecule has 0 bridgehead atoms. The van der Waals surface area contributed by atoms with E-state index in [1.807, 2.05) is 0 Å². The summed E-state index contributed by atoms with van der Waals surface area (Å²) in [6.45, 7) is 0. The molecule has 0 unspecified atom stereocenters. The van der Waals surface area contributed by atoms with Gasteiger partial charge in [-0.1, -0.05) is 23.2 Å². The Labute approximate surface area is 112 Å². The lowest BCUT2D eigenvalue weighted by Gasteiger charge is -2.06. The number of hydrogen-bond acceptors (Lipinski definition) is 4. The van der Waals surface area contributed by atoms with Gasteiger partial charge in [-0.2, -0.15) is 0 Å². The maximum atomic E-state index is 13.3. The number of halogens is 3. The lowest BCUT2D eigenvalue weighted by molar-refractivity contribution is -0.135. The molecule has 4 nitrogen and oxygen atoms in total. The molecule has 0 atom stereocenters. The van der Waals surface area contributed by atoms with Crippen molar-refractivity contribution in [2.24, 2.45) is 5.73 Å². The third kappa shape index (κ3) is 2.80. The predicted octanol–water partition coefficient (Wildman–Crippen LogP) is 2.33. The smallest absolute Gasteiger partial charge is 0.343 e. The second-order valence-electron chi connectivity index (χ2n) is 3.15. The van der Waals surface area contributed by atoms with E-state index in [1.165, 1.54) is 0 Å². The van der Waals surface area contributed by atoms with E-state index >= 15 is 0 Å². The molecule has 0 radical (unpaired) electrons. The van der Waals surface area contributed by atoms with Crippen molar-refractivity contribution in [2.75, 3.05) is 7.11 Å². The zero-order chi connectivity index (χ0) is 13.9. The van der Waals surface area contributed by atoms with Gasteiger partial charge in [-0.25, -0.2) is 9.18 Å². The molecule has 1 rings (SSSR count). The van der Waals surface area contributed by atoms with Gasteiger partial charge in [0.1, 0.15) is 11.4 Å². The predicted molar refractivity (Wildman–Crippen MR) is 65.0 cm³/mol. The van der Waals surface area contributed by atoms with Gasteiger partial charge >= 0.3 is 5.97 Å². The first kappa shape index (κ1) is 14.5. The molecule has 0 aliphatic rings. The number of benzene rings is 1. The SMILES string of the molecule is COC(=O)C(=CN)C(=O)c1cc(F)c(Cl)cc1Cl. The number of Topliss-reactive ketones (excluding diaryl/α,β-unsaturated/α-hetero) is 1. The molecule has 0 saturated carbocycles. The Balaban J connectivity index is 3.27. The molecule has 1 aromatic rings. The second kappa shape index (κ2) is 5.84. The fourth-order valence-corrected chi connectivity index (χ4v) is 1.66. The minimum absolute atomic E-state index is 0.0883. The van der Waals surface area contributed by atoms with Crippen LogP contribution in [0.1, 0.15) is 10.4 Å². The van der Waals surface area contributed by atoms with Crippen LogP contribution >= 0.6 is 23.2 Å². The Bertz CT molecular complexity index is 543. The minimum Gasteiger partial charge on any atom is -0.465 e. The Morgan fingerprint density at radius 3 is 2.44 bits per heavy atom. The van der Waals surface area contributed by atoms with Gasteiger partial charge < -0.3 is 10.5 Å². The normalized spacial score (nSPS) is 11.2. The molecule has 0 aromatic heterocycles. The van der Waals surface area contributed by atoms with Gasteiger partial charge in [0, 0.05) is 11.8 Å². The number of nitrogens with two attached hydrogens (primary N) is 1. The Morgan fingerprint density at radius 1 is 1.33 bits per heavy atom. The Hall–Kier alpha value is -1.59. The molecule has 0 fully saturated rings. The van der Waals surface area contributed by atoms with Crippen LogP contribution in [0.5, 0.6) is 0 Å². The zero-order valence-electron chi connectivity index (χ0n) is 9.17. The standard InChI is InChI=1S/C11H8Cl2FNO3/c1-18-11(17)6(4-15)10(16)5-2-9(14)8(13)3-7(5)12/h2-4H,15H2,1H3. The van der Waals surface area contributed by atoms with Crippen LogP contribution in [0.15, 0.2) is 23.9 Å². The van der Waals surface area contributed by atoms with Crippen LogP contribution in [0.2, 0.25) is 10.0 Å². The van der Waals surface area contributed by atoms with Gasteiger partial charge in [0.25, 0.3) is 0 Å². The van der Waals surface area contributed by atoms with E-state index < -0.39 is 23.1 Å². The molecule has 0 aliphatic heterocycles. The van der Waals surface area contributed by atoms with Crippen LogP contribution in [0, 0.1) is 5.82 Å². The van der Waals surface area contributed by atoms with Gasteiger partial charge in [-0.05, 0) is 12.1 Å². The summed E-state index contributed by atoms with van der Waals surface area (Å²) in [6, 6.07) is 1.90. The maximum Gasteiger partial charge on any atom is 0.343 e. The van der Waals surface area contributed by atoms with E-state index in [0.29, 0.717) is 0 Å². The molecule has 1 aromatic carbocycles. The molecule has 0 spiro atoms. The number of ketones is 1. The zero-order valence-corrected chi connectivity index (χ0v) is 10.7. The second-order valence-corrected chi connectivity index (χ2v) is 3.96. The molecule has 7 heteroatoms. The molecule has 0 heterocycles. The quantitative estimate of drug-likeness (QED) is 0.232. The van der Waals surface area contributed by atoms with Crippen LogP contribution in [0.4, 0.5) is 4.39 Å². The summed E-state index contributed by atoms with van der Waals surface area (Å²) >= 11 is 11.2. The number of ether oxygens (including phenoxy) is 1. The highest BCUT2D eigenvalue weighted by atomic mass is 35.5. The van der Waals surface area contributed by atoms with E-state index in [1.54, 1.807) is 0 Å². The first-order valence-corrected chi connectivity index (χ1v) is 5.37. The average molecular weight is 292 g/mol. The summed E-state index contributed by atoms with van der Waals surface area (Å²) in [5.41, 5.74) is 4.49. The Morgan fingerprint density at radius 2 is 1.94 bits per heavy atom. The van der Waals surface area contributed by atoms with Gasteiger partial charge in [0.15, 0.2) is 0 Å². The van der Waals surface area contributed by atoms with Crippen molar-refractivity contribution in [3.8, 4) is 0 Å². The first-order chi connectivity index (χ1) is 8.42. The number of carbonyl (C=O) groups is 2. The molecule has 2 N–H and O–H groups in total. The number of hydrogen-bond donors (Lipinski definition) is 1. The summed E-state index contributed by atoms with van der Waals surface area (Å²) in [5, 5.41) is -0.317. The molecule has 0 saturated heterocycles. The molecule has 96 valence electrons. The largest absolute Gasteiger partial charge is 0.465 e. The fourth-order valence-electron chi connectivity index (χ4n) is 1.19. The highest BCUT2D eigenvalue weighted by molar-refractivity contribution is 6.39. The van der Waals surface area contributed by atoms with E-state index in [-0.39, 0.29) is 15.6 Å².